The van der Waals surface area contributed by atoms with Gasteiger partial charge in [-0.3, -0.25) is 9.69 Å². The first-order valence-corrected chi connectivity index (χ1v) is 14.4. The maximum Gasteiger partial charge on any atom is 0.298 e. The maximum atomic E-state index is 10.9. The zero-order chi connectivity index (χ0) is 29.1. The number of ether oxygens (including phenoxy) is 3. The maximum absolute atomic E-state index is 10.9. The van der Waals surface area contributed by atoms with Crippen LogP contribution in [0.15, 0.2) is 91.0 Å². The minimum absolute atomic E-state index is 0.474. The third kappa shape index (κ3) is 5.26. The molecule has 1 unspecified atom stereocenters. The van der Waals surface area contributed by atoms with Gasteiger partial charge in [-0.1, -0.05) is 42.5 Å². The van der Waals surface area contributed by atoms with Crippen LogP contribution in [0.5, 0.6) is 17.2 Å². The summed E-state index contributed by atoms with van der Waals surface area (Å²) in [7, 11) is 5.40. The number of para-hydroxylation sites is 2. The average molecular weight is 561 g/mol. The van der Waals surface area contributed by atoms with Crippen molar-refractivity contribution < 1.29 is 19.0 Å². The Morgan fingerprint density at radius 3 is 2.00 bits per heavy atom. The van der Waals surface area contributed by atoms with E-state index in [1.54, 1.807) is 14.2 Å². The number of carbonyl (C=O) groups is 1. The van der Waals surface area contributed by atoms with Crippen molar-refractivity contribution >= 4 is 39.4 Å². The molecule has 6 heteroatoms. The van der Waals surface area contributed by atoms with Crippen LogP contribution in [0.3, 0.4) is 0 Å². The normalized spacial score (nSPS) is 15.7. The number of rotatable bonds is 6. The largest absolute Gasteiger partial charge is 0.493 e. The summed E-state index contributed by atoms with van der Waals surface area (Å²) < 4.78 is 16.3. The van der Waals surface area contributed by atoms with Gasteiger partial charge in [0.2, 0.25) is 0 Å². The number of fused-ring (bicyclic) bond motifs is 7. The number of nitrogens with zero attached hydrogens (tertiary/aromatic N) is 2. The standard InChI is InChI=1S/C23H23NO4.C13H13N/c1-26-22-10-19-18-9-15(28-13-25)5-6-16(18)17-8-14-4-3-7-24(14)12-21(17)20(19)11-23(22)27-2;1-14(12-8-4-2-5-9-12)13-10-6-3-7-11-13/h5-6,9-11,13-14H,3-4,7-8,12H2,1-2H3;2-11H,1H3. The molecule has 0 spiro atoms. The van der Waals surface area contributed by atoms with E-state index in [9.17, 15) is 4.79 Å². The van der Waals surface area contributed by atoms with Crippen LogP contribution in [0.4, 0.5) is 11.4 Å². The SMILES string of the molecule is CN(c1ccccc1)c1ccccc1.COc1cc2c3c(c4ccc(OC=O)cc4c2cc1OC)CC1CCCN1C3. The van der Waals surface area contributed by atoms with Gasteiger partial charge in [0.1, 0.15) is 5.75 Å². The lowest BCUT2D eigenvalue weighted by Gasteiger charge is -2.33. The molecule has 0 bridgehead atoms. The molecule has 0 aliphatic carbocycles. The number of methoxy groups -OCH3 is 2. The molecule has 7 rings (SSSR count). The van der Waals surface area contributed by atoms with E-state index in [0.29, 0.717) is 24.0 Å². The first-order chi connectivity index (χ1) is 20.6. The van der Waals surface area contributed by atoms with E-state index in [1.807, 2.05) is 30.3 Å². The summed E-state index contributed by atoms with van der Waals surface area (Å²) in [5, 5.41) is 4.61. The second kappa shape index (κ2) is 12.1. The van der Waals surface area contributed by atoms with Crippen LogP contribution >= 0.6 is 0 Å². The van der Waals surface area contributed by atoms with Crippen molar-refractivity contribution in [3.05, 3.63) is 102 Å². The Bertz CT molecular complexity index is 1670. The minimum atomic E-state index is 0.474. The van der Waals surface area contributed by atoms with Gasteiger partial charge in [0.15, 0.2) is 11.5 Å². The van der Waals surface area contributed by atoms with Crippen molar-refractivity contribution in [3.63, 3.8) is 0 Å². The molecule has 1 atom stereocenters. The van der Waals surface area contributed by atoms with Gasteiger partial charge in [-0.05, 0) is 107 Å². The highest BCUT2D eigenvalue weighted by Crippen LogP contribution is 2.44. The van der Waals surface area contributed by atoms with Gasteiger partial charge in [0.25, 0.3) is 6.47 Å². The fourth-order valence-electron chi connectivity index (χ4n) is 6.45. The zero-order valence-corrected chi connectivity index (χ0v) is 24.4. The third-order valence-electron chi connectivity index (χ3n) is 8.59. The molecule has 0 N–H and O–H groups in total. The number of hydrogen-bond donors (Lipinski definition) is 0. The van der Waals surface area contributed by atoms with Crippen LogP contribution in [0, 0.1) is 0 Å². The molecule has 6 nitrogen and oxygen atoms in total. The quantitative estimate of drug-likeness (QED) is 0.158. The Kier molecular flexibility index (Phi) is 7.97. The Morgan fingerprint density at radius 2 is 1.38 bits per heavy atom. The Hall–Kier alpha value is -4.55. The summed E-state index contributed by atoms with van der Waals surface area (Å²) in [5.74, 6) is 1.99. The fourth-order valence-corrected chi connectivity index (χ4v) is 6.45. The van der Waals surface area contributed by atoms with Gasteiger partial charge in [-0.25, -0.2) is 0 Å². The molecule has 5 aromatic carbocycles. The highest BCUT2D eigenvalue weighted by molar-refractivity contribution is 6.12. The Labute approximate surface area is 247 Å². The number of carbonyl (C=O) groups excluding carboxylic acids is 1. The van der Waals surface area contributed by atoms with Crippen LogP contribution in [-0.4, -0.2) is 45.2 Å². The summed E-state index contributed by atoms with van der Waals surface area (Å²) in [6.45, 7) is 2.61. The van der Waals surface area contributed by atoms with Gasteiger partial charge in [0.05, 0.1) is 14.2 Å². The summed E-state index contributed by atoms with van der Waals surface area (Å²) >= 11 is 0. The van der Waals surface area contributed by atoms with Crippen molar-refractivity contribution in [1.29, 1.82) is 0 Å². The second-order valence-electron chi connectivity index (χ2n) is 10.8. The summed E-state index contributed by atoms with van der Waals surface area (Å²) in [6.07, 6.45) is 3.59. The molecule has 2 aliphatic heterocycles. The Balaban J connectivity index is 0.000000189. The van der Waals surface area contributed by atoms with Crippen LogP contribution in [0.1, 0.15) is 24.0 Å². The molecule has 0 saturated carbocycles. The van der Waals surface area contributed by atoms with Crippen molar-refractivity contribution in [2.75, 3.05) is 32.7 Å². The lowest BCUT2D eigenvalue weighted by atomic mass is 9.85. The smallest absolute Gasteiger partial charge is 0.298 e. The number of benzene rings is 5. The lowest BCUT2D eigenvalue weighted by Crippen LogP contribution is -2.35. The van der Waals surface area contributed by atoms with E-state index in [0.717, 1.165) is 29.5 Å². The summed E-state index contributed by atoms with van der Waals surface area (Å²) in [4.78, 5) is 15.6. The van der Waals surface area contributed by atoms with Crippen molar-refractivity contribution in [1.82, 2.24) is 4.90 Å². The van der Waals surface area contributed by atoms with E-state index in [2.05, 4.69) is 77.5 Å². The third-order valence-corrected chi connectivity index (χ3v) is 8.59. The molecule has 0 aromatic heterocycles. The Morgan fingerprint density at radius 1 is 0.762 bits per heavy atom. The zero-order valence-electron chi connectivity index (χ0n) is 24.4. The van der Waals surface area contributed by atoms with Crippen molar-refractivity contribution in [3.8, 4) is 17.2 Å². The van der Waals surface area contributed by atoms with Gasteiger partial charge in [-0.2, -0.15) is 0 Å². The van der Waals surface area contributed by atoms with Gasteiger partial charge < -0.3 is 19.1 Å². The molecule has 0 radical (unpaired) electrons. The average Bonchev–Trinajstić information content (AvgIpc) is 3.52. The highest BCUT2D eigenvalue weighted by atomic mass is 16.5. The molecule has 2 aliphatic rings. The molecule has 42 heavy (non-hydrogen) atoms. The van der Waals surface area contributed by atoms with E-state index in [1.165, 1.54) is 52.7 Å². The predicted molar refractivity (Wildman–Crippen MR) is 169 cm³/mol. The molecule has 1 fully saturated rings. The first-order valence-electron chi connectivity index (χ1n) is 14.4. The van der Waals surface area contributed by atoms with Crippen molar-refractivity contribution in [2.45, 2.75) is 31.8 Å². The number of hydrogen-bond acceptors (Lipinski definition) is 6. The lowest BCUT2D eigenvalue weighted by molar-refractivity contribution is -0.120. The first kappa shape index (κ1) is 27.6. The molecular formula is C36H36N2O4. The molecule has 5 aromatic rings. The summed E-state index contributed by atoms with van der Waals surface area (Å²) in [5.41, 5.74) is 5.21. The molecule has 1 saturated heterocycles. The minimum Gasteiger partial charge on any atom is -0.493 e. The topological polar surface area (TPSA) is 51.2 Å². The van der Waals surface area contributed by atoms with Crippen LogP contribution in [-0.2, 0) is 17.8 Å². The van der Waals surface area contributed by atoms with Crippen molar-refractivity contribution in [2.24, 2.45) is 0 Å². The number of anilines is 2. The predicted octanol–water partition coefficient (Wildman–Crippen LogP) is 7.52. The molecule has 2 heterocycles. The van der Waals surface area contributed by atoms with E-state index < -0.39 is 0 Å². The van der Waals surface area contributed by atoms with Gasteiger partial charge in [0, 0.05) is 31.0 Å². The van der Waals surface area contributed by atoms with E-state index in [4.69, 9.17) is 14.2 Å². The van der Waals surface area contributed by atoms with Crippen LogP contribution < -0.4 is 19.1 Å². The molecule has 214 valence electrons. The highest BCUT2D eigenvalue weighted by Gasteiger charge is 2.32. The fraction of sp³-hybridized carbons (Fsp3) is 0.250. The van der Waals surface area contributed by atoms with Crippen LogP contribution in [0.2, 0.25) is 0 Å². The van der Waals surface area contributed by atoms with Gasteiger partial charge >= 0.3 is 0 Å². The molecular weight excluding hydrogens is 524 g/mol. The van der Waals surface area contributed by atoms with E-state index >= 15 is 0 Å². The van der Waals surface area contributed by atoms with E-state index in [-0.39, 0.29) is 0 Å². The second-order valence-corrected chi connectivity index (χ2v) is 10.8. The van der Waals surface area contributed by atoms with Crippen LogP contribution in [0.25, 0.3) is 21.5 Å². The molecule has 0 amide bonds. The monoisotopic (exact) mass is 560 g/mol. The summed E-state index contributed by atoms with van der Waals surface area (Å²) in [6, 6.07) is 31.4. The van der Waals surface area contributed by atoms with Gasteiger partial charge in [-0.15, -0.1) is 0 Å².